The van der Waals surface area contributed by atoms with Crippen LogP contribution in [0.2, 0.25) is 0 Å². The third-order valence-electron chi connectivity index (χ3n) is 3.28. The molecular weight excluding hydrogens is 290 g/mol. The molecule has 116 valence electrons. The Balaban J connectivity index is 1.84. The molecule has 8 heteroatoms. The third kappa shape index (κ3) is 4.15. The van der Waals surface area contributed by atoms with Crippen LogP contribution in [0, 0.1) is 0 Å². The van der Waals surface area contributed by atoms with Crippen LogP contribution >= 0.6 is 11.3 Å². The minimum Gasteiger partial charge on any atom is -0.346 e. The van der Waals surface area contributed by atoms with Gasteiger partial charge in [0.1, 0.15) is 5.69 Å². The first kappa shape index (κ1) is 15.7. The van der Waals surface area contributed by atoms with Crippen LogP contribution < -0.4 is 16.4 Å². The molecule has 21 heavy (non-hydrogen) atoms. The third-order valence-corrected chi connectivity index (χ3v) is 4.19. The van der Waals surface area contributed by atoms with E-state index in [9.17, 15) is 9.59 Å². The van der Waals surface area contributed by atoms with Crippen molar-refractivity contribution >= 4 is 23.3 Å². The molecule has 1 aliphatic rings. The molecule has 1 fully saturated rings. The van der Waals surface area contributed by atoms with Gasteiger partial charge in [-0.15, -0.1) is 11.3 Å². The molecule has 2 rings (SSSR count). The summed E-state index contributed by atoms with van der Waals surface area (Å²) in [5.74, 6) is -0.183. The Kier molecular flexibility index (Phi) is 5.51. The van der Waals surface area contributed by atoms with E-state index >= 15 is 0 Å². The quantitative estimate of drug-likeness (QED) is 0.722. The van der Waals surface area contributed by atoms with Gasteiger partial charge in [-0.25, -0.2) is 9.78 Å². The average molecular weight is 311 g/mol. The fourth-order valence-electron chi connectivity index (χ4n) is 2.24. The molecule has 0 saturated carbocycles. The molecule has 1 unspecified atom stereocenters. The van der Waals surface area contributed by atoms with E-state index in [-0.39, 0.29) is 18.0 Å². The highest BCUT2D eigenvalue weighted by Crippen LogP contribution is 2.13. The van der Waals surface area contributed by atoms with E-state index in [1.165, 1.54) is 11.3 Å². The van der Waals surface area contributed by atoms with Crippen LogP contribution in [0.25, 0.3) is 0 Å². The van der Waals surface area contributed by atoms with Crippen LogP contribution in [-0.2, 0) is 6.42 Å². The highest BCUT2D eigenvalue weighted by atomic mass is 32.1. The summed E-state index contributed by atoms with van der Waals surface area (Å²) in [5.41, 5.74) is 5.90. The van der Waals surface area contributed by atoms with Crippen molar-refractivity contribution in [2.45, 2.75) is 25.8 Å². The Morgan fingerprint density at radius 1 is 1.57 bits per heavy atom. The first-order chi connectivity index (χ1) is 10.1. The number of hydrogen-bond acceptors (Lipinski definition) is 5. The lowest BCUT2D eigenvalue weighted by Gasteiger charge is -2.17. The van der Waals surface area contributed by atoms with E-state index in [4.69, 9.17) is 5.73 Å². The molecule has 7 nitrogen and oxygen atoms in total. The molecule has 1 aliphatic heterocycles. The van der Waals surface area contributed by atoms with Gasteiger partial charge in [0, 0.05) is 37.5 Å². The molecule has 2 heterocycles. The van der Waals surface area contributed by atoms with E-state index in [1.807, 2.05) is 6.92 Å². The highest BCUT2D eigenvalue weighted by Gasteiger charge is 2.27. The van der Waals surface area contributed by atoms with Crippen molar-refractivity contribution in [1.82, 2.24) is 20.5 Å². The van der Waals surface area contributed by atoms with Crippen LogP contribution in [0.15, 0.2) is 5.38 Å². The number of urea groups is 1. The summed E-state index contributed by atoms with van der Waals surface area (Å²) in [5, 5.41) is 8.31. The van der Waals surface area contributed by atoms with Crippen LogP contribution in [0.1, 0.15) is 28.8 Å². The zero-order valence-corrected chi connectivity index (χ0v) is 12.9. The van der Waals surface area contributed by atoms with Crippen LogP contribution in [0.4, 0.5) is 4.79 Å². The topological polar surface area (TPSA) is 100 Å². The van der Waals surface area contributed by atoms with Crippen molar-refractivity contribution in [3.05, 3.63) is 16.1 Å². The van der Waals surface area contributed by atoms with E-state index in [0.29, 0.717) is 38.3 Å². The van der Waals surface area contributed by atoms with Gasteiger partial charge in [0.2, 0.25) is 0 Å². The molecule has 3 amide bonds. The molecule has 1 saturated heterocycles. The summed E-state index contributed by atoms with van der Waals surface area (Å²) in [6, 6.07) is -0.0899. The second-order valence-electron chi connectivity index (χ2n) is 4.91. The lowest BCUT2D eigenvalue weighted by molar-refractivity contribution is 0.0933. The van der Waals surface area contributed by atoms with Gasteiger partial charge in [-0.1, -0.05) is 0 Å². The predicted molar refractivity (Wildman–Crippen MR) is 81.4 cm³/mol. The molecule has 0 aromatic carbocycles. The summed E-state index contributed by atoms with van der Waals surface area (Å²) >= 11 is 1.45. The van der Waals surface area contributed by atoms with Gasteiger partial charge >= 0.3 is 6.03 Å². The van der Waals surface area contributed by atoms with Crippen molar-refractivity contribution < 1.29 is 9.59 Å². The van der Waals surface area contributed by atoms with E-state index in [0.717, 1.165) is 11.4 Å². The summed E-state index contributed by atoms with van der Waals surface area (Å²) < 4.78 is 0. The Morgan fingerprint density at radius 2 is 2.38 bits per heavy atom. The molecule has 0 radical (unpaired) electrons. The minimum atomic E-state index is -0.183. The minimum absolute atomic E-state index is 0.0141. The molecule has 1 atom stereocenters. The Bertz CT molecular complexity index is 505. The number of carbonyl (C=O) groups is 2. The fourth-order valence-corrected chi connectivity index (χ4v) is 3.03. The second-order valence-corrected chi connectivity index (χ2v) is 5.85. The number of aromatic nitrogens is 1. The number of thiazole rings is 1. The number of carbonyl (C=O) groups excluding carboxylic acids is 2. The predicted octanol–water partition coefficient (Wildman–Crippen LogP) is 0.178. The van der Waals surface area contributed by atoms with Crippen LogP contribution in [0.5, 0.6) is 0 Å². The standard InChI is InChI=1S/C13H21N5O2S/c1-2-15-13(20)18-6-4-9(7-18)16-12(19)10-8-21-11(17-10)3-5-14/h8-9H,2-7,14H2,1H3,(H,15,20)(H,16,19). The summed E-state index contributed by atoms with van der Waals surface area (Å²) in [6.07, 6.45) is 1.45. The summed E-state index contributed by atoms with van der Waals surface area (Å²) in [4.78, 5) is 29.8. The van der Waals surface area contributed by atoms with E-state index in [1.54, 1.807) is 10.3 Å². The zero-order valence-electron chi connectivity index (χ0n) is 12.1. The molecule has 4 N–H and O–H groups in total. The summed E-state index contributed by atoms with van der Waals surface area (Å²) in [7, 11) is 0. The van der Waals surface area contributed by atoms with Gasteiger partial charge in [-0.05, 0) is 19.9 Å². The van der Waals surface area contributed by atoms with Crippen molar-refractivity contribution in [2.24, 2.45) is 5.73 Å². The van der Waals surface area contributed by atoms with E-state index < -0.39 is 0 Å². The summed E-state index contributed by atoms with van der Waals surface area (Å²) in [6.45, 7) is 4.21. The fraction of sp³-hybridized carbons (Fsp3) is 0.615. The number of nitrogens with two attached hydrogens (primary N) is 1. The largest absolute Gasteiger partial charge is 0.346 e. The maximum atomic E-state index is 12.1. The maximum absolute atomic E-state index is 12.1. The molecule has 1 aromatic rings. The molecule has 0 aliphatic carbocycles. The maximum Gasteiger partial charge on any atom is 0.317 e. The van der Waals surface area contributed by atoms with Crippen molar-refractivity contribution in [3.8, 4) is 0 Å². The number of rotatable bonds is 5. The number of amides is 3. The Morgan fingerprint density at radius 3 is 3.10 bits per heavy atom. The lowest BCUT2D eigenvalue weighted by Crippen LogP contribution is -2.42. The van der Waals surface area contributed by atoms with Crippen LogP contribution in [-0.4, -0.2) is 54.0 Å². The smallest absolute Gasteiger partial charge is 0.317 e. The zero-order chi connectivity index (χ0) is 15.2. The second kappa shape index (κ2) is 7.37. The molecular formula is C13H21N5O2S. The first-order valence-electron chi connectivity index (χ1n) is 7.12. The van der Waals surface area contributed by atoms with Crippen molar-refractivity contribution in [2.75, 3.05) is 26.2 Å². The SMILES string of the molecule is CCNC(=O)N1CCC(NC(=O)c2csc(CCN)n2)C1. The normalized spacial score (nSPS) is 17.8. The lowest BCUT2D eigenvalue weighted by atomic mass is 10.2. The number of likely N-dealkylation sites (tertiary alicyclic amines) is 1. The van der Waals surface area contributed by atoms with E-state index in [2.05, 4.69) is 15.6 Å². The van der Waals surface area contributed by atoms with Gasteiger partial charge < -0.3 is 21.3 Å². The number of hydrogen-bond donors (Lipinski definition) is 3. The monoisotopic (exact) mass is 311 g/mol. The number of nitrogens with zero attached hydrogens (tertiary/aromatic N) is 2. The Labute approximate surface area is 127 Å². The van der Waals surface area contributed by atoms with Crippen LogP contribution in [0.3, 0.4) is 0 Å². The van der Waals surface area contributed by atoms with Crippen molar-refractivity contribution in [3.63, 3.8) is 0 Å². The molecule has 0 spiro atoms. The van der Waals surface area contributed by atoms with Gasteiger partial charge in [0.15, 0.2) is 0 Å². The van der Waals surface area contributed by atoms with Gasteiger partial charge in [-0.3, -0.25) is 4.79 Å². The Hall–Kier alpha value is -1.67. The average Bonchev–Trinajstić information content (AvgIpc) is 3.09. The molecule has 1 aromatic heterocycles. The van der Waals surface area contributed by atoms with Gasteiger partial charge in [0.05, 0.1) is 5.01 Å². The van der Waals surface area contributed by atoms with Gasteiger partial charge in [-0.2, -0.15) is 0 Å². The number of nitrogens with one attached hydrogen (secondary N) is 2. The first-order valence-corrected chi connectivity index (χ1v) is 8.00. The highest BCUT2D eigenvalue weighted by molar-refractivity contribution is 7.09. The van der Waals surface area contributed by atoms with Gasteiger partial charge in [0.25, 0.3) is 5.91 Å². The van der Waals surface area contributed by atoms with Crippen molar-refractivity contribution in [1.29, 1.82) is 0 Å². The molecule has 0 bridgehead atoms.